The Morgan fingerprint density at radius 1 is 0.897 bits per heavy atom. The predicted octanol–water partition coefficient (Wildman–Crippen LogP) is 4.83. The molecule has 0 aromatic heterocycles. The molecule has 4 N–H and O–H groups in total. The van der Waals surface area contributed by atoms with E-state index in [1.807, 2.05) is 61.2 Å². The van der Waals surface area contributed by atoms with E-state index < -0.39 is 5.66 Å². The second-order valence-corrected chi connectivity index (χ2v) is 7.85. The first-order chi connectivity index (χ1) is 14.0. The van der Waals surface area contributed by atoms with Gasteiger partial charge in [0.05, 0.1) is 11.4 Å². The largest absolute Gasteiger partial charge is 0.369 e. The van der Waals surface area contributed by atoms with E-state index in [1.165, 1.54) is 12.0 Å². The van der Waals surface area contributed by atoms with Crippen LogP contribution in [0.5, 0.6) is 0 Å². The highest BCUT2D eigenvalue weighted by Gasteiger charge is 2.43. The fraction of sp³-hybridized carbons (Fsp3) is 0.364. The van der Waals surface area contributed by atoms with Crippen LogP contribution < -0.4 is 16.4 Å². The Morgan fingerprint density at radius 2 is 1.59 bits per heavy atom. The molecular weight excluding hydrogens is 362 g/mol. The number of azo groups is 1. The molecule has 4 rings (SSSR count). The molecule has 7 heteroatoms. The smallest absolute Gasteiger partial charge is 0.220 e. The summed E-state index contributed by atoms with van der Waals surface area (Å²) in [5, 5.41) is 9.01. The van der Waals surface area contributed by atoms with Crippen molar-refractivity contribution in [2.24, 2.45) is 31.7 Å². The Bertz CT molecular complexity index is 983. The zero-order valence-electron chi connectivity index (χ0n) is 17.0. The summed E-state index contributed by atoms with van der Waals surface area (Å²) in [4.78, 5) is 11.0. The average Bonchev–Trinajstić information content (AvgIpc) is 2.69. The summed E-state index contributed by atoms with van der Waals surface area (Å²) in [5.41, 5.74) is 16.6. The molecule has 2 aromatic rings. The number of anilines is 1. The molecule has 1 saturated carbocycles. The van der Waals surface area contributed by atoms with E-state index in [-0.39, 0.29) is 5.96 Å². The van der Waals surface area contributed by atoms with Gasteiger partial charge in [0.1, 0.15) is 11.4 Å². The fourth-order valence-corrected chi connectivity index (χ4v) is 4.10. The van der Waals surface area contributed by atoms with Crippen molar-refractivity contribution in [3.63, 3.8) is 0 Å². The number of aryl methyl sites for hydroxylation is 2. The first-order valence-electron chi connectivity index (χ1n) is 10.1. The van der Waals surface area contributed by atoms with Gasteiger partial charge in [-0.25, -0.2) is 4.99 Å². The quantitative estimate of drug-likeness (QED) is 0.735. The molecule has 0 atom stereocenters. The lowest BCUT2D eigenvalue weighted by atomic mass is 9.87. The van der Waals surface area contributed by atoms with Gasteiger partial charge in [0.15, 0.2) is 0 Å². The third-order valence-corrected chi connectivity index (χ3v) is 5.53. The van der Waals surface area contributed by atoms with Crippen LogP contribution >= 0.6 is 0 Å². The van der Waals surface area contributed by atoms with Gasteiger partial charge in [-0.05, 0) is 69.4 Å². The number of guanidine groups is 2. The summed E-state index contributed by atoms with van der Waals surface area (Å²) in [7, 11) is 0. The van der Waals surface area contributed by atoms with E-state index in [1.54, 1.807) is 0 Å². The standard InChI is InChI=1S/C22H27N7/c1-15-6-9-17(10-7-15)27-28-18-14-16(2)8-11-19(18)29-21(24)25-20(23)26-22(29)12-4-3-5-13-22/h6-11,14H,3-5,12-13H2,1-2H3,(H4,23,24,25,26). The minimum atomic E-state index is -0.502. The van der Waals surface area contributed by atoms with Crippen molar-refractivity contribution in [1.82, 2.24) is 0 Å². The molecular formula is C22H27N7. The Balaban J connectivity index is 1.77. The lowest BCUT2D eigenvalue weighted by Gasteiger charge is -2.45. The summed E-state index contributed by atoms with van der Waals surface area (Å²) >= 11 is 0. The van der Waals surface area contributed by atoms with Crippen molar-refractivity contribution in [2.45, 2.75) is 51.6 Å². The molecule has 1 fully saturated rings. The number of hydrogen-bond acceptors (Lipinski definition) is 7. The van der Waals surface area contributed by atoms with E-state index in [0.717, 1.165) is 48.3 Å². The van der Waals surface area contributed by atoms with Crippen LogP contribution in [0.3, 0.4) is 0 Å². The minimum Gasteiger partial charge on any atom is -0.369 e. The van der Waals surface area contributed by atoms with Gasteiger partial charge in [0.25, 0.3) is 0 Å². The summed E-state index contributed by atoms with van der Waals surface area (Å²) in [6, 6.07) is 14.0. The molecule has 0 radical (unpaired) electrons. The number of nitrogens with two attached hydrogens (primary N) is 2. The van der Waals surface area contributed by atoms with Crippen molar-refractivity contribution in [2.75, 3.05) is 4.90 Å². The summed E-state index contributed by atoms with van der Waals surface area (Å²) in [6.45, 7) is 4.09. The van der Waals surface area contributed by atoms with Gasteiger partial charge in [-0.15, -0.1) is 5.11 Å². The molecule has 2 aromatic carbocycles. The minimum absolute atomic E-state index is 0.246. The van der Waals surface area contributed by atoms with Crippen LogP contribution in [-0.4, -0.2) is 17.6 Å². The van der Waals surface area contributed by atoms with Crippen LogP contribution in [0.1, 0.15) is 43.2 Å². The second-order valence-electron chi connectivity index (χ2n) is 7.85. The molecule has 1 heterocycles. The highest BCUT2D eigenvalue weighted by molar-refractivity contribution is 6.07. The third kappa shape index (κ3) is 3.85. The Hall–Kier alpha value is -3.22. The molecule has 1 aliphatic heterocycles. The number of aliphatic imine (C=N–C) groups is 2. The highest BCUT2D eigenvalue weighted by atomic mass is 15.4. The summed E-state index contributed by atoms with van der Waals surface area (Å²) in [5.74, 6) is 0.602. The summed E-state index contributed by atoms with van der Waals surface area (Å²) in [6.07, 6.45) is 5.11. The maximum Gasteiger partial charge on any atom is 0.220 e. The Morgan fingerprint density at radius 3 is 2.31 bits per heavy atom. The summed E-state index contributed by atoms with van der Waals surface area (Å²) < 4.78 is 0. The molecule has 0 bridgehead atoms. The number of nitrogens with zero attached hydrogens (tertiary/aromatic N) is 5. The topological polar surface area (TPSA) is 105 Å². The van der Waals surface area contributed by atoms with Crippen molar-refractivity contribution in [3.05, 3.63) is 53.6 Å². The van der Waals surface area contributed by atoms with Gasteiger partial charge >= 0.3 is 0 Å². The van der Waals surface area contributed by atoms with Crippen molar-refractivity contribution < 1.29 is 0 Å². The van der Waals surface area contributed by atoms with Crippen molar-refractivity contribution in [1.29, 1.82) is 0 Å². The predicted molar refractivity (Wildman–Crippen MR) is 118 cm³/mol. The van der Waals surface area contributed by atoms with Crippen LogP contribution in [-0.2, 0) is 0 Å². The lowest BCUT2D eigenvalue weighted by Crippen LogP contribution is -2.58. The van der Waals surface area contributed by atoms with Gasteiger partial charge in [-0.1, -0.05) is 30.2 Å². The maximum atomic E-state index is 6.38. The van der Waals surface area contributed by atoms with Crippen LogP contribution in [0.15, 0.2) is 62.7 Å². The number of rotatable bonds is 3. The van der Waals surface area contributed by atoms with E-state index in [2.05, 4.69) is 15.2 Å². The van der Waals surface area contributed by atoms with E-state index in [9.17, 15) is 0 Å². The van der Waals surface area contributed by atoms with Crippen LogP contribution in [0.4, 0.5) is 17.1 Å². The Kier molecular flexibility index (Phi) is 5.05. The molecule has 2 aliphatic rings. The molecule has 29 heavy (non-hydrogen) atoms. The second kappa shape index (κ2) is 7.66. The molecule has 0 saturated heterocycles. The first kappa shape index (κ1) is 19.1. The highest BCUT2D eigenvalue weighted by Crippen LogP contribution is 2.43. The van der Waals surface area contributed by atoms with Gasteiger partial charge in [0.2, 0.25) is 11.9 Å². The fourth-order valence-electron chi connectivity index (χ4n) is 4.10. The monoisotopic (exact) mass is 389 g/mol. The van der Waals surface area contributed by atoms with Crippen LogP contribution in [0.25, 0.3) is 0 Å². The van der Waals surface area contributed by atoms with E-state index >= 15 is 0 Å². The van der Waals surface area contributed by atoms with Crippen molar-refractivity contribution >= 4 is 29.0 Å². The average molecular weight is 390 g/mol. The number of hydrogen-bond donors (Lipinski definition) is 2. The van der Waals surface area contributed by atoms with Gasteiger partial charge < -0.3 is 11.5 Å². The van der Waals surface area contributed by atoms with Gasteiger partial charge in [0, 0.05) is 0 Å². The number of benzene rings is 2. The van der Waals surface area contributed by atoms with E-state index in [0.29, 0.717) is 5.96 Å². The molecule has 1 aliphatic carbocycles. The Labute approximate surface area is 171 Å². The SMILES string of the molecule is Cc1ccc(N=Nc2cc(C)ccc2N2C(N)=NC(N)=NC23CCCCC3)cc1. The molecule has 150 valence electrons. The van der Waals surface area contributed by atoms with Crippen LogP contribution in [0, 0.1) is 13.8 Å². The molecule has 7 nitrogen and oxygen atoms in total. The molecule has 0 unspecified atom stereocenters. The first-order valence-corrected chi connectivity index (χ1v) is 10.1. The zero-order chi connectivity index (χ0) is 20.4. The van der Waals surface area contributed by atoms with Crippen molar-refractivity contribution in [3.8, 4) is 0 Å². The van der Waals surface area contributed by atoms with Gasteiger partial charge in [-0.3, -0.25) is 4.90 Å². The maximum absolute atomic E-state index is 6.38. The third-order valence-electron chi connectivity index (χ3n) is 5.53. The lowest BCUT2D eigenvalue weighted by molar-refractivity contribution is 0.305. The van der Waals surface area contributed by atoms with Crippen LogP contribution in [0.2, 0.25) is 0 Å². The zero-order valence-corrected chi connectivity index (χ0v) is 17.0. The molecule has 0 amide bonds. The molecule has 1 spiro atoms. The normalized spacial score (nSPS) is 18.8. The van der Waals surface area contributed by atoms with E-state index in [4.69, 9.17) is 16.5 Å². The van der Waals surface area contributed by atoms with Gasteiger partial charge in [-0.2, -0.15) is 10.1 Å².